The normalized spacial score (nSPS) is 31.9. The average molecular weight is 302 g/mol. The van der Waals surface area contributed by atoms with E-state index in [4.69, 9.17) is 0 Å². The predicted molar refractivity (Wildman–Crippen MR) is 66.4 cm³/mol. The third-order valence-electron chi connectivity index (χ3n) is 4.03. The van der Waals surface area contributed by atoms with Crippen molar-refractivity contribution in [2.45, 2.75) is 18.3 Å². The summed E-state index contributed by atoms with van der Waals surface area (Å²) in [5.41, 5.74) is 1.48. The summed E-state index contributed by atoms with van der Waals surface area (Å²) in [4.78, 5) is 1.90. The SMILES string of the molecule is FC(F)CN1CC2C[C@@]2(c2ccc(Br)cc2)C1. The minimum Gasteiger partial charge on any atom is -0.297 e. The van der Waals surface area contributed by atoms with Gasteiger partial charge in [-0.2, -0.15) is 0 Å². The molecule has 1 saturated heterocycles. The van der Waals surface area contributed by atoms with Crippen molar-refractivity contribution in [1.29, 1.82) is 0 Å². The lowest BCUT2D eigenvalue weighted by Gasteiger charge is -2.20. The van der Waals surface area contributed by atoms with Crippen molar-refractivity contribution in [2.75, 3.05) is 19.6 Å². The van der Waals surface area contributed by atoms with Crippen molar-refractivity contribution >= 4 is 15.9 Å². The van der Waals surface area contributed by atoms with Crippen molar-refractivity contribution in [3.8, 4) is 0 Å². The van der Waals surface area contributed by atoms with Crippen LogP contribution in [0.3, 0.4) is 0 Å². The van der Waals surface area contributed by atoms with Crippen molar-refractivity contribution in [1.82, 2.24) is 4.90 Å². The van der Waals surface area contributed by atoms with Crippen LogP contribution in [0.25, 0.3) is 0 Å². The summed E-state index contributed by atoms with van der Waals surface area (Å²) in [7, 11) is 0. The van der Waals surface area contributed by atoms with E-state index in [1.165, 1.54) is 5.56 Å². The number of likely N-dealkylation sites (tertiary alicyclic amines) is 1. The van der Waals surface area contributed by atoms with Gasteiger partial charge in [0, 0.05) is 23.0 Å². The smallest absolute Gasteiger partial charge is 0.251 e. The van der Waals surface area contributed by atoms with Gasteiger partial charge in [0.2, 0.25) is 0 Å². The van der Waals surface area contributed by atoms with Crippen LogP contribution in [0, 0.1) is 5.92 Å². The molecule has 0 bridgehead atoms. The second-order valence-electron chi connectivity index (χ2n) is 5.15. The average Bonchev–Trinajstić information content (AvgIpc) is 2.82. The summed E-state index contributed by atoms with van der Waals surface area (Å²) < 4.78 is 25.8. The van der Waals surface area contributed by atoms with Crippen molar-refractivity contribution in [3.63, 3.8) is 0 Å². The van der Waals surface area contributed by atoms with Crippen LogP contribution in [-0.4, -0.2) is 31.0 Å². The number of nitrogens with zero attached hydrogens (tertiary/aromatic N) is 1. The van der Waals surface area contributed by atoms with Crippen LogP contribution in [-0.2, 0) is 5.41 Å². The number of rotatable bonds is 3. The Hall–Kier alpha value is -0.480. The first kappa shape index (κ1) is 11.6. The highest BCUT2D eigenvalue weighted by molar-refractivity contribution is 9.10. The molecule has 1 nitrogen and oxygen atoms in total. The molecule has 4 heteroatoms. The fourth-order valence-corrected chi connectivity index (χ4v) is 3.41. The number of piperidine rings is 1. The lowest BCUT2D eigenvalue weighted by molar-refractivity contribution is 0.0934. The van der Waals surface area contributed by atoms with E-state index in [1.807, 2.05) is 17.0 Å². The monoisotopic (exact) mass is 301 g/mol. The Morgan fingerprint density at radius 2 is 2.06 bits per heavy atom. The molecule has 1 aliphatic heterocycles. The van der Waals surface area contributed by atoms with Crippen LogP contribution in [0.5, 0.6) is 0 Å². The maximum Gasteiger partial charge on any atom is 0.251 e. The highest BCUT2D eigenvalue weighted by atomic mass is 79.9. The summed E-state index contributed by atoms with van der Waals surface area (Å²) in [6, 6.07) is 8.32. The van der Waals surface area contributed by atoms with E-state index < -0.39 is 6.43 Å². The summed E-state index contributed by atoms with van der Waals surface area (Å²) in [5, 5.41) is 0. The third kappa shape index (κ3) is 2.02. The maximum absolute atomic E-state index is 12.4. The van der Waals surface area contributed by atoms with E-state index in [-0.39, 0.29) is 12.0 Å². The van der Waals surface area contributed by atoms with E-state index in [9.17, 15) is 8.78 Å². The number of halogens is 3. The second-order valence-corrected chi connectivity index (χ2v) is 6.06. The maximum atomic E-state index is 12.4. The third-order valence-corrected chi connectivity index (χ3v) is 4.56. The fraction of sp³-hybridized carbons (Fsp3) is 0.538. The number of hydrogen-bond acceptors (Lipinski definition) is 1. The van der Waals surface area contributed by atoms with Gasteiger partial charge in [-0.1, -0.05) is 28.1 Å². The van der Waals surface area contributed by atoms with E-state index in [0.717, 1.165) is 24.0 Å². The second kappa shape index (κ2) is 4.02. The Kier molecular flexibility index (Phi) is 2.75. The van der Waals surface area contributed by atoms with Gasteiger partial charge in [-0.05, 0) is 30.0 Å². The van der Waals surface area contributed by atoms with Crippen molar-refractivity contribution in [2.24, 2.45) is 5.92 Å². The van der Waals surface area contributed by atoms with Crippen LogP contribution in [0.4, 0.5) is 8.78 Å². The first-order valence-corrected chi connectivity index (χ1v) is 6.66. The van der Waals surface area contributed by atoms with Crippen molar-refractivity contribution < 1.29 is 8.78 Å². The van der Waals surface area contributed by atoms with Gasteiger partial charge in [-0.15, -0.1) is 0 Å². The van der Waals surface area contributed by atoms with Gasteiger partial charge in [0.25, 0.3) is 6.43 Å². The van der Waals surface area contributed by atoms with Crippen LogP contribution in [0.2, 0.25) is 0 Å². The molecular weight excluding hydrogens is 288 g/mol. The predicted octanol–water partition coefficient (Wildman–Crippen LogP) is 3.29. The number of alkyl halides is 2. The zero-order valence-electron chi connectivity index (χ0n) is 9.37. The zero-order chi connectivity index (χ0) is 12.0. The summed E-state index contributed by atoms with van der Waals surface area (Å²) in [6.45, 7) is 1.55. The fourth-order valence-electron chi connectivity index (χ4n) is 3.15. The molecule has 17 heavy (non-hydrogen) atoms. The minimum atomic E-state index is -2.21. The van der Waals surface area contributed by atoms with E-state index in [2.05, 4.69) is 28.1 Å². The lowest BCUT2D eigenvalue weighted by atomic mass is 9.95. The molecule has 1 aromatic rings. The van der Waals surface area contributed by atoms with Gasteiger partial charge in [0.15, 0.2) is 0 Å². The minimum absolute atomic E-state index is 0.0746. The van der Waals surface area contributed by atoms with Crippen LogP contribution in [0.1, 0.15) is 12.0 Å². The van der Waals surface area contributed by atoms with Crippen LogP contribution < -0.4 is 0 Å². The molecule has 0 radical (unpaired) electrons. The highest BCUT2D eigenvalue weighted by Gasteiger charge is 2.60. The van der Waals surface area contributed by atoms with E-state index >= 15 is 0 Å². The first-order chi connectivity index (χ1) is 8.10. The summed E-state index contributed by atoms with van der Waals surface area (Å²) in [6.07, 6.45) is -1.05. The first-order valence-electron chi connectivity index (χ1n) is 5.87. The molecule has 0 N–H and O–H groups in total. The molecular formula is C13H14BrF2N. The Balaban J connectivity index is 1.75. The highest BCUT2D eigenvalue weighted by Crippen LogP contribution is 2.59. The Morgan fingerprint density at radius 1 is 1.35 bits per heavy atom. The lowest BCUT2D eigenvalue weighted by Crippen LogP contribution is -2.30. The molecule has 1 unspecified atom stereocenters. The standard InChI is InChI=1S/C13H14BrF2N/c14-11-3-1-9(2-4-11)13-5-10(13)6-17(8-13)7-12(15)16/h1-4,10,12H,5-8H2/t10?,13-/m0/s1. The quantitative estimate of drug-likeness (QED) is 0.828. The van der Waals surface area contributed by atoms with Gasteiger partial charge >= 0.3 is 0 Å². The Bertz CT molecular complexity index is 420. The molecule has 0 aromatic heterocycles. The molecule has 1 heterocycles. The molecule has 1 aliphatic carbocycles. The molecule has 1 aromatic carbocycles. The topological polar surface area (TPSA) is 3.24 Å². The van der Waals surface area contributed by atoms with Gasteiger partial charge in [-0.3, -0.25) is 4.90 Å². The molecule has 1 saturated carbocycles. The molecule has 3 rings (SSSR count). The van der Waals surface area contributed by atoms with E-state index in [0.29, 0.717) is 5.92 Å². The number of benzene rings is 1. The Labute approximate surface area is 108 Å². The van der Waals surface area contributed by atoms with E-state index in [1.54, 1.807) is 0 Å². The van der Waals surface area contributed by atoms with Crippen LogP contribution >= 0.6 is 15.9 Å². The molecule has 2 atom stereocenters. The van der Waals surface area contributed by atoms with Gasteiger partial charge in [-0.25, -0.2) is 8.78 Å². The van der Waals surface area contributed by atoms with Gasteiger partial charge in [0.1, 0.15) is 0 Å². The summed E-state index contributed by atoms with van der Waals surface area (Å²) >= 11 is 3.42. The summed E-state index contributed by atoms with van der Waals surface area (Å²) in [5.74, 6) is 0.586. The number of fused-ring (bicyclic) bond motifs is 1. The van der Waals surface area contributed by atoms with Gasteiger partial charge in [0.05, 0.1) is 6.54 Å². The van der Waals surface area contributed by atoms with Crippen LogP contribution in [0.15, 0.2) is 28.7 Å². The van der Waals surface area contributed by atoms with Gasteiger partial charge < -0.3 is 0 Å². The van der Waals surface area contributed by atoms with Crippen molar-refractivity contribution in [3.05, 3.63) is 34.3 Å². The zero-order valence-corrected chi connectivity index (χ0v) is 11.0. The molecule has 92 valence electrons. The molecule has 2 fully saturated rings. The number of hydrogen-bond donors (Lipinski definition) is 0. The molecule has 0 spiro atoms. The molecule has 0 amide bonds. The Morgan fingerprint density at radius 3 is 2.71 bits per heavy atom. The molecule has 2 aliphatic rings. The largest absolute Gasteiger partial charge is 0.297 e.